The first-order chi connectivity index (χ1) is 46.3. The number of phosphoric ester groups is 2. The highest BCUT2D eigenvalue weighted by Gasteiger charge is 2.30. The van der Waals surface area contributed by atoms with Gasteiger partial charge in [-0.15, -0.1) is 0 Å². The molecule has 0 rings (SSSR count). The summed E-state index contributed by atoms with van der Waals surface area (Å²) in [7, 11) is -9.91. The Balaban J connectivity index is 5.24. The number of carbonyl (C=O) groups is 4. The summed E-state index contributed by atoms with van der Waals surface area (Å²) < 4.78 is 68.6. The van der Waals surface area contributed by atoms with Gasteiger partial charge in [-0.3, -0.25) is 37.3 Å². The van der Waals surface area contributed by atoms with Gasteiger partial charge in [0.25, 0.3) is 0 Å². The zero-order chi connectivity index (χ0) is 70.9. The fourth-order valence-electron chi connectivity index (χ4n) is 11.7. The van der Waals surface area contributed by atoms with Crippen LogP contribution in [0, 0.1) is 17.8 Å². The Labute approximate surface area is 588 Å². The van der Waals surface area contributed by atoms with Crippen LogP contribution in [-0.4, -0.2) is 96.7 Å². The third-order valence-corrected chi connectivity index (χ3v) is 20.1. The van der Waals surface area contributed by atoms with Gasteiger partial charge in [-0.2, -0.15) is 0 Å². The molecule has 96 heavy (non-hydrogen) atoms. The lowest BCUT2D eigenvalue weighted by atomic mass is 9.99. The Bertz CT molecular complexity index is 1870. The minimum atomic E-state index is -4.96. The van der Waals surface area contributed by atoms with Crippen molar-refractivity contribution in [1.29, 1.82) is 0 Å². The number of carbonyl (C=O) groups excluding carboxylic acids is 4. The molecule has 3 N–H and O–H groups in total. The lowest BCUT2D eigenvalue weighted by Crippen LogP contribution is -2.30. The van der Waals surface area contributed by atoms with Gasteiger partial charge in [0.15, 0.2) is 12.2 Å². The molecule has 6 atom stereocenters. The van der Waals surface area contributed by atoms with Crippen molar-refractivity contribution in [2.45, 2.75) is 414 Å². The highest BCUT2D eigenvalue weighted by Crippen LogP contribution is 2.45. The monoisotopic (exact) mass is 1410 g/mol. The van der Waals surface area contributed by atoms with Crippen molar-refractivity contribution >= 4 is 39.5 Å². The minimum absolute atomic E-state index is 0.105. The number of rotatable bonds is 75. The third-order valence-electron chi connectivity index (χ3n) is 18.2. The van der Waals surface area contributed by atoms with Crippen molar-refractivity contribution in [3.05, 3.63) is 0 Å². The van der Waals surface area contributed by atoms with Crippen molar-refractivity contribution in [3.63, 3.8) is 0 Å². The third kappa shape index (κ3) is 69.2. The Morgan fingerprint density at radius 2 is 0.531 bits per heavy atom. The van der Waals surface area contributed by atoms with Gasteiger partial charge < -0.3 is 33.8 Å². The Morgan fingerprint density at radius 3 is 0.792 bits per heavy atom. The number of aliphatic hydroxyl groups is 1. The minimum Gasteiger partial charge on any atom is -0.462 e. The van der Waals surface area contributed by atoms with Gasteiger partial charge in [0.2, 0.25) is 0 Å². The number of hydrogen-bond acceptors (Lipinski definition) is 15. The van der Waals surface area contributed by atoms with E-state index >= 15 is 0 Å². The van der Waals surface area contributed by atoms with E-state index in [1.54, 1.807) is 0 Å². The molecule has 0 aromatic heterocycles. The van der Waals surface area contributed by atoms with Crippen molar-refractivity contribution in [1.82, 2.24) is 0 Å². The SMILES string of the molecule is CCCCCCCCCCCCCC(=O)OC[C@H](COP(=O)(O)OC[C@H](O)COP(=O)(O)OC[C@@H](COC(=O)CCCCCCCCCCCCC(C)CC)OC(=O)CCCCCCCCCCCCCCCCCCC(C)C)OC(=O)CCCCCCCCCCCC(C)C. The normalized spacial score (nSPS) is 14.3. The fraction of sp³-hybridized carbons (Fsp3) is 0.948. The van der Waals surface area contributed by atoms with Crippen LogP contribution in [-0.2, 0) is 65.4 Å². The summed E-state index contributed by atoms with van der Waals surface area (Å²) in [5.74, 6) is 0.239. The van der Waals surface area contributed by atoms with Gasteiger partial charge >= 0.3 is 39.5 Å². The molecule has 0 heterocycles. The molecule has 570 valence electrons. The number of ether oxygens (including phenoxy) is 4. The summed E-state index contributed by atoms with van der Waals surface area (Å²) in [5.41, 5.74) is 0. The molecule has 0 saturated heterocycles. The second-order valence-corrected chi connectivity index (χ2v) is 31.8. The topological polar surface area (TPSA) is 237 Å². The zero-order valence-electron chi connectivity index (χ0n) is 62.8. The van der Waals surface area contributed by atoms with Crippen LogP contribution < -0.4 is 0 Å². The van der Waals surface area contributed by atoms with Crippen molar-refractivity contribution in [2.75, 3.05) is 39.6 Å². The van der Waals surface area contributed by atoms with Crippen LogP contribution in [0.4, 0.5) is 0 Å². The maximum Gasteiger partial charge on any atom is 0.472 e. The van der Waals surface area contributed by atoms with E-state index in [2.05, 4.69) is 48.5 Å². The summed E-state index contributed by atoms with van der Waals surface area (Å²) in [4.78, 5) is 72.8. The smallest absolute Gasteiger partial charge is 0.462 e. The van der Waals surface area contributed by atoms with Crippen molar-refractivity contribution in [3.8, 4) is 0 Å². The van der Waals surface area contributed by atoms with Crippen LogP contribution in [0.2, 0.25) is 0 Å². The van der Waals surface area contributed by atoms with E-state index in [1.807, 2.05) is 0 Å². The van der Waals surface area contributed by atoms with Gasteiger partial charge in [0, 0.05) is 25.7 Å². The summed E-state index contributed by atoms with van der Waals surface area (Å²) in [5, 5.41) is 10.6. The number of esters is 4. The molecule has 0 aliphatic carbocycles. The van der Waals surface area contributed by atoms with E-state index in [0.717, 1.165) is 108 Å². The van der Waals surface area contributed by atoms with E-state index < -0.39 is 97.5 Å². The van der Waals surface area contributed by atoms with Crippen molar-refractivity contribution in [2.24, 2.45) is 17.8 Å². The summed E-state index contributed by atoms with van der Waals surface area (Å²) in [6.45, 7) is 11.9. The molecule has 0 fully saturated rings. The highest BCUT2D eigenvalue weighted by atomic mass is 31.2. The van der Waals surface area contributed by atoms with Gasteiger partial charge in [-0.05, 0) is 43.4 Å². The first-order valence-corrected chi connectivity index (χ1v) is 42.9. The molecule has 0 spiro atoms. The van der Waals surface area contributed by atoms with Crippen LogP contribution in [0.15, 0.2) is 0 Å². The molecule has 0 aliphatic rings. The number of aliphatic hydroxyl groups excluding tert-OH is 1. The number of unbranched alkanes of at least 4 members (excludes halogenated alkanes) is 42. The first kappa shape index (κ1) is 94.1. The maximum atomic E-state index is 13.1. The molecular weight excluding hydrogens is 1260 g/mol. The van der Waals surface area contributed by atoms with Crippen LogP contribution >= 0.6 is 15.6 Å². The average molecular weight is 1410 g/mol. The van der Waals surface area contributed by atoms with E-state index in [4.69, 9.17) is 37.0 Å². The van der Waals surface area contributed by atoms with Crippen LogP contribution in [0.5, 0.6) is 0 Å². The lowest BCUT2D eigenvalue weighted by molar-refractivity contribution is -0.161. The summed E-state index contributed by atoms with van der Waals surface area (Å²) >= 11 is 0. The van der Waals surface area contributed by atoms with Gasteiger partial charge in [-0.1, -0.05) is 344 Å². The molecule has 0 bridgehead atoms. The molecule has 19 heteroatoms. The van der Waals surface area contributed by atoms with Crippen LogP contribution in [0.25, 0.3) is 0 Å². The highest BCUT2D eigenvalue weighted by molar-refractivity contribution is 7.47. The first-order valence-electron chi connectivity index (χ1n) is 39.9. The Hall–Kier alpha value is -1.94. The molecule has 0 aromatic carbocycles. The molecule has 3 unspecified atom stereocenters. The molecule has 0 aromatic rings. The zero-order valence-corrected chi connectivity index (χ0v) is 64.6. The molecule has 0 amide bonds. The Morgan fingerprint density at radius 1 is 0.302 bits per heavy atom. The van der Waals surface area contributed by atoms with Gasteiger partial charge in [-0.25, -0.2) is 9.13 Å². The standard InChI is InChI=1S/C77H150O17P2/c1-8-10-11-12-13-14-21-30-37-44-51-58-74(79)87-65-73(94-77(82)61-54-47-40-33-26-28-35-42-49-56-69(5)6)67-92-96(85,86)90-63-71(78)62-89-95(83,84)91-66-72(64-88-75(80)59-52-45-38-31-25-24-29-36-43-50-57-70(7)9-2)93-76(81)60-53-46-39-32-23-20-18-16-15-17-19-22-27-34-41-48-55-68(3)4/h68-73,78H,8-67H2,1-7H3,(H,83,84)(H,85,86)/t70?,71-,72-,73-/m1/s1. The fourth-order valence-corrected chi connectivity index (χ4v) is 13.3. The van der Waals surface area contributed by atoms with Gasteiger partial charge in [0.1, 0.15) is 19.3 Å². The molecule has 0 saturated carbocycles. The van der Waals surface area contributed by atoms with Crippen molar-refractivity contribution < 1.29 is 80.2 Å². The Kier molecular flexibility index (Phi) is 66.2. The average Bonchev–Trinajstić information content (AvgIpc) is 3.06. The molecule has 0 aliphatic heterocycles. The second-order valence-electron chi connectivity index (χ2n) is 28.9. The molecular formula is C77H150O17P2. The van der Waals surface area contributed by atoms with E-state index in [0.29, 0.717) is 25.7 Å². The quantitative estimate of drug-likeness (QED) is 0.0222. The predicted octanol–water partition coefficient (Wildman–Crippen LogP) is 22.6. The van der Waals surface area contributed by atoms with Gasteiger partial charge in [0.05, 0.1) is 26.4 Å². The number of phosphoric acid groups is 2. The molecule has 17 nitrogen and oxygen atoms in total. The predicted molar refractivity (Wildman–Crippen MR) is 391 cm³/mol. The molecule has 0 radical (unpaired) electrons. The van der Waals surface area contributed by atoms with E-state index in [9.17, 15) is 43.2 Å². The largest absolute Gasteiger partial charge is 0.472 e. The second kappa shape index (κ2) is 67.5. The maximum absolute atomic E-state index is 13.1. The number of hydrogen-bond donors (Lipinski definition) is 3. The van der Waals surface area contributed by atoms with E-state index in [-0.39, 0.29) is 25.7 Å². The van der Waals surface area contributed by atoms with Crippen LogP contribution in [0.1, 0.15) is 395 Å². The van der Waals surface area contributed by atoms with E-state index in [1.165, 1.54) is 205 Å². The summed E-state index contributed by atoms with van der Waals surface area (Å²) in [6, 6.07) is 0. The van der Waals surface area contributed by atoms with Crippen LogP contribution in [0.3, 0.4) is 0 Å². The summed E-state index contributed by atoms with van der Waals surface area (Å²) in [6.07, 6.45) is 54.0. The lowest BCUT2D eigenvalue weighted by Gasteiger charge is -2.21.